The zero-order valence-electron chi connectivity index (χ0n) is 28.3. The molecule has 0 amide bonds. The van der Waals surface area contributed by atoms with E-state index in [1.165, 1.54) is 13.3 Å². The van der Waals surface area contributed by atoms with Gasteiger partial charge in [0.2, 0.25) is 0 Å². The third kappa shape index (κ3) is 7.55. The second kappa shape index (κ2) is 15.2. The second-order valence-electron chi connectivity index (χ2n) is 12.0. The van der Waals surface area contributed by atoms with E-state index in [0.29, 0.717) is 65.2 Å². The van der Waals surface area contributed by atoms with E-state index in [4.69, 9.17) is 32.2 Å². The average Bonchev–Trinajstić information content (AvgIpc) is 3.11. The summed E-state index contributed by atoms with van der Waals surface area (Å²) in [6.07, 6.45) is 2.87. The SMILES string of the molecule is COc1cc(N=Nc2cc3c(O)c(c2)Cc2cccc(c2OC)Cc2cccc(c2O)Cc2cccc(c2OC)C3)cc(/C=N/NC(N)=S)c1O. The van der Waals surface area contributed by atoms with Crippen molar-refractivity contribution in [3.63, 3.8) is 0 Å². The van der Waals surface area contributed by atoms with Crippen LogP contribution in [-0.2, 0) is 25.7 Å². The number of ether oxygens (including phenoxy) is 3. The molecule has 0 aromatic heterocycles. The molecule has 0 aliphatic heterocycles. The number of thiocarbonyl (C=S) groups is 1. The van der Waals surface area contributed by atoms with Crippen LogP contribution in [0, 0.1) is 0 Å². The van der Waals surface area contributed by atoms with E-state index in [1.54, 1.807) is 38.5 Å². The Morgan fingerprint density at radius 2 is 1.06 bits per heavy atom. The van der Waals surface area contributed by atoms with E-state index in [-0.39, 0.29) is 28.1 Å². The molecule has 260 valence electrons. The second-order valence-corrected chi connectivity index (χ2v) is 12.4. The summed E-state index contributed by atoms with van der Waals surface area (Å²) in [5.41, 5.74) is 15.4. The van der Waals surface area contributed by atoms with Crippen molar-refractivity contribution in [3.05, 3.63) is 129 Å². The molecule has 0 saturated carbocycles. The maximum atomic E-state index is 11.8. The molecule has 8 bridgehead atoms. The highest BCUT2D eigenvalue weighted by molar-refractivity contribution is 7.80. The van der Waals surface area contributed by atoms with Gasteiger partial charge in [-0.3, -0.25) is 5.43 Å². The van der Waals surface area contributed by atoms with Gasteiger partial charge in [0.1, 0.15) is 23.0 Å². The van der Waals surface area contributed by atoms with Crippen LogP contribution in [0.3, 0.4) is 0 Å². The summed E-state index contributed by atoms with van der Waals surface area (Å²) in [4.78, 5) is 0. The van der Waals surface area contributed by atoms with Gasteiger partial charge in [0.15, 0.2) is 16.6 Å². The van der Waals surface area contributed by atoms with Gasteiger partial charge in [-0.25, -0.2) is 0 Å². The predicted molar refractivity (Wildman–Crippen MR) is 200 cm³/mol. The molecule has 5 aromatic carbocycles. The minimum Gasteiger partial charge on any atom is -0.507 e. The lowest BCUT2D eigenvalue weighted by Gasteiger charge is -2.19. The summed E-state index contributed by atoms with van der Waals surface area (Å²) in [6.45, 7) is 0. The van der Waals surface area contributed by atoms with E-state index >= 15 is 0 Å². The van der Waals surface area contributed by atoms with Crippen molar-refractivity contribution >= 4 is 34.9 Å². The number of phenolic OH excluding ortho intramolecular Hbond substituents is 3. The summed E-state index contributed by atoms with van der Waals surface area (Å²) in [5.74, 6) is 1.73. The summed E-state index contributed by atoms with van der Waals surface area (Å²) in [6, 6.07) is 24.3. The Morgan fingerprint density at radius 3 is 1.51 bits per heavy atom. The molecule has 6 N–H and O–H groups in total. The molecule has 5 aromatic rings. The van der Waals surface area contributed by atoms with Crippen LogP contribution >= 0.6 is 12.2 Å². The quantitative estimate of drug-likeness (QED) is 0.0506. The Hall–Kier alpha value is -6.14. The predicted octanol–water partition coefficient (Wildman–Crippen LogP) is 7.09. The molecule has 51 heavy (non-hydrogen) atoms. The molecule has 12 heteroatoms. The van der Waals surface area contributed by atoms with Crippen molar-refractivity contribution in [2.45, 2.75) is 25.7 Å². The molecular formula is C39H37N5O6S. The first-order valence-electron chi connectivity index (χ1n) is 16.0. The van der Waals surface area contributed by atoms with Crippen LogP contribution in [0.15, 0.2) is 94.2 Å². The number of aromatic hydroxyl groups is 3. The molecule has 0 saturated heterocycles. The number of rotatable bonds is 7. The molecular weight excluding hydrogens is 667 g/mol. The van der Waals surface area contributed by atoms with Crippen molar-refractivity contribution in [3.8, 4) is 34.5 Å². The minimum absolute atomic E-state index is 0.0294. The molecule has 0 spiro atoms. The van der Waals surface area contributed by atoms with Gasteiger partial charge in [0.25, 0.3) is 0 Å². The van der Waals surface area contributed by atoms with Gasteiger partial charge >= 0.3 is 0 Å². The fraction of sp³-hybridized carbons (Fsp3) is 0.179. The van der Waals surface area contributed by atoms with Gasteiger partial charge in [0.05, 0.1) is 38.9 Å². The van der Waals surface area contributed by atoms with Crippen molar-refractivity contribution in [1.29, 1.82) is 0 Å². The Kier molecular flexibility index (Phi) is 10.3. The van der Waals surface area contributed by atoms with Crippen LogP contribution in [-0.4, -0.2) is 48.0 Å². The smallest absolute Gasteiger partial charge is 0.184 e. The van der Waals surface area contributed by atoms with Gasteiger partial charge in [-0.05, 0) is 63.8 Å². The number of benzene rings is 5. The molecule has 0 unspecified atom stereocenters. The van der Waals surface area contributed by atoms with Gasteiger partial charge in [0, 0.05) is 48.4 Å². The lowest BCUT2D eigenvalue weighted by molar-refractivity contribution is 0.373. The Labute approximate surface area is 300 Å². The third-order valence-corrected chi connectivity index (χ3v) is 8.80. The zero-order chi connectivity index (χ0) is 36.1. The summed E-state index contributed by atoms with van der Waals surface area (Å²) in [7, 11) is 4.67. The number of hydrazone groups is 1. The summed E-state index contributed by atoms with van der Waals surface area (Å²) >= 11 is 4.79. The lowest BCUT2D eigenvalue weighted by atomic mass is 9.91. The first-order chi connectivity index (χ1) is 24.7. The standard InChI is InChI=1S/C39H37N5O6S/c1-48-33-20-32(19-30(36(33)47)21-41-44-39(40)51)43-42-31-17-28-15-26-11-5-9-24(37(26)49-2)13-22-7-4-8-23(34(22)45)14-25-10-6-12-27(38(25)50-3)16-29(18-31)35(28)46/h4-12,17-21,45-47H,13-16H2,1-3H3,(H3,40,44,51)/b41-21+,43-42?. The number of nitrogens with two attached hydrogens (primary N) is 1. The van der Waals surface area contributed by atoms with E-state index in [1.807, 2.05) is 54.6 Å². The van der Waals surface area contributed by atoms with Gasteiger partial charge in [-0.1, -0.05) is 54.6 Å². The topological polar surface area (TPSA) is 164 Å². The third-order valence-electron chi connectivity index (χ3n) is 8.71. The highest BCUT2D eigenvalue weighted by Crippen LogP contribution is 2.40. The molecule has 0 atom stereocenters. The van der Waals surface area contributed by atoms with Crippen LogP contribution < -0.4 is 25.4 Å². The lowest BCUT2D eigenvalue weighted by Crippen LogP contribution is -2.23. The van der Waals surface area contributed by atoms with E-state index in [9.17, 15) is 15.3 Å². The maximum absolute atomic E-state index is 11.8. The number of fused-ring (bicyclic) bond motifs is 8. The molecule has 0 fully saturated rings. The number of methoxy groups -OCH3 is 3. The number of para-hydroxylation sites is 3. The molecule has 1 aliphatic carbocycles. The van der Waals surface area contributed by atoms with Crippen molar-refractivity contribution < 1.29 is 29.5 Å². The van der Waals surface area contributed by atoms with Gasteiger partial charge < -0.3 is 35.3 Å². The van der Waals surface area contributed by atoms with Crippen LogP contribution in [0.25, 0.3) is 0 Å². The Balaban J connectivity index is 1.49. The van der Waals surface area contributed by atoms with Gasteiger partial charge in [-0.15, -0.1) is 0 Å². The summed E-state index contributed by atoms with van der Waals surface area (Å²) < 4.78 is 17.2. The average molecular weight is 704 g/mol. The largest absolute Gasteiger partial charge is 0.507 e. The molecule has 11 nitrogen and oxygen atoms in total. The number of hydrogen-bond donors (Lipinski definition) is 5. The number of nitrogens with zero attached hydrogens (tertiary/aromatic N) is 3. The summed E-state index contributed by atoms with van der Waals surface area (Å²) in [5, 5.41) is 46.8. The Morgan fingerprint density at radius 1 is 0.627 bits per heavy atom. The first kappa shape index (κ1) is 34.7. The van der Waals surface area contributed by atoms with Crippen molar-refractivity contribution in [2.24, 2.45) is 21.1 Å². The monoisotopic (exact) mass is 703 g/mol. The van der Waals surface area contributed by atoms with Crippen molar-refractivity contribution in [1.82, 2.24) is 5.43 Å². The highest BCUT2D eigenvalue weighted by atomic mass is 32.1. The van der Waals surface area contributed by atoms with Crippen LogP contribution in [0.4, 0.5) is 11.4 Å². The van der Waals surface area contributed by atoms with E-state index in [0.717, 1.165) is 33.4 Å². The van der Waals surface area contributed by atoms with E-state index < -0.39 is 0 Å². The normalized spacial score (nSPS) is 12.5. The number of azo groups is 1. The fourth-order valence-electron chi connectivity index (χ4n) is 6.38. The first-order valence-corrected chi connectivity index (χ1v) is 16.4. The van der Waals surface area contributed by atoms with Crippen LogP contribution in [0.2, 0.25) is 0 Å². The highest BCUT2D eigenvalue weighted by Gasteiger charge is 2.20. The van der Waals surface area contributed by atoms with Crippen LogP contribution in [0.5, 0.6) is 34.5 Å². The van der Waals surface area contributed by atoms with E-state index in [2.05, 4.69) is 20.8 Å². The van der Waals surface area contributed by atoms with Crippen LogP contribution in [0.1, 0.15) is 50.1 Å². The van der Waals surface area contributed by atoms with Gasteiger partial charge in [-0.2, -0.15) is 15.3 Å². The molecule has 0 heterocycles. The molecule has 0 radical (unpaired) electrons. The maximum Gasteiger partial charge on any atom is 0.184 e. The molecule has 6 rings (SSSR count). The fourth-order valence-corrected chi connectivity index (χ4v) is 6.44. The number of phenols is 3. The minimum atomic E-state index is -0.145. The van der Waals surface area contributed by atoms with Crippen molar-refractivity contribution in [2.75, 3.05) is 21.3 Å². The number of nitrogens with one attached hydrogen (secondary N) is 1. The molecule has 1 aliphatic rings. The zero-order valence-corrected chi connectivity index (χ0v) is 29.1. The number of hydrogen-bond acceptors (Lipinski definition) is 10. The Bertz CT molecular complexity index is 2090.